The quantitative estimate of drug-likeness (QED) is 0.914. The maximum Gasteiger partial charge on any atom is 0.311 e. The molecule has 4 nitrogen and oxygen atoms in total. The number of fused-ring (bicyclic) bond motifs is 1. The molecule has 0 fully saturated rings. The van der Waals surface area contributed by atoms with Gasteiger partial charge in [-0.05, 0) is 30.5 Å². The van der Waals surface area contributed by atoms with Crippen LogP contribution in [-0.4, -0.2) is 20.6 Å². The lowest BCUT2D eigenvalue weighted by Gasteiger charge is -2.10. The van der Waals surface area contributed by atoms with Gasteiger partial charge in [0, 0.05) is 11.6 Å². The molecule has 0 saturated carbocycles. The van der Waals surface area contributed by atoms with Gasteiger partial charge in [0.05, 0.1) is 11.0 Å². The summed E-state index contributed by atoms with van der Waals surface area (Å²) < 4.78 is 1.99. The predicted octanol–water partition coefficient (Wildman–Crippen LogP) is 3.36. The van der Waals surface area contributed by atoms with E-state index in [1.165, 1.54) is 0 Å². The highest BCUT2D eigenvalue weighted by atomic mass is 35.5. The lowest BCUT2D eigenvalue weighted by atomic mass is 10.1. The number of halogens is 1. The molecule has 0 unspecified atom stereocenters. The molecule has 0 radical (unpaired) electrons. The van der Waals surface area contributed by atoms with Crippen LogP contribution in [0.2, 0.25) is 5.02 Å². The molecule has 1 N–H and O–H groups in total. The first-order valence-corrected chi connectivity index (χ1v) is 6.71. The molecular formula is C14H17ClN2O2. The van der Waals surface area contributed by atoms with Crippen molar-refractivity contribution in [1.29, 1.82) is 0 Å². The van der Waals surface area contributed by atoms with Gasteiger partial charge in [0.1, 0.15) is 12.2 Å². The molecule has 0 bridgehead atoms. The first kappa shape index (κ1) is 13.9. The number of benzene rings is 1. The van der Waals surface area contributed by atoms with E-state index in [1.54, 1.807) is 6.07 Å². The molecule has 0 saturated heterocycles. The maximum atomic E-state index is 10.9. The Hall–Kier alpha value is -1.55. The fourth-order valence-electron chi connectivity index (χ4n) is 2.06. The second-order valence-corrected chi connectivity index (χ2v) is 5.50. The standard InChI is InChI=1S/C14H17ClN2O2/c1-9(2)5-6-17-12-4-3-10(15)7-11(12)16-13(17)8-14(18)19/h3-4,7,9H,5-6,8H2,1-2H3,(H,18,19). The number of carboxylic acids is 1. The van der Waals surface area contributed by atoms with Crippen molar-refractivity contribution in [2.24, 2.45) is 5.92 Å². The third-order valence-electron chi connectivity index (χ3n) is 3.03. The number of imidazole rings is 1. The van der Waals surface area contributed by atoms with Crippen LogP contribution in [0.15, 0.2) is 18.2 Å². The average Bonchev–Trinajstić information content (AvgIpc) is 2.61. The Morgan fingerprint density at radius 1 is 1.47 bits per heavy atom. The second-order valence-electron chi connectivity index (χ2n) is 5.07. The highest BCUT2D eigenvalue weighted by Crippen LogP contribution is 2.22. The summed E-state index contributed by atoms with van der Waals surface area (Å²) in [4.78, 5) is 15.3. The molecule has 1 heterocycles. The summed E-state index contributed by atoms with van der Waals surface area (Å²) in [6, 6.07) is 5.48. The van der Waals surface area contributed by atoms with Crippen LogP contribution in [0.5, 0.6) is 0 Å². The largest absolute Gasteiger partial charge is 0.481 e. The molecule has 0 amide bonds. The normalized spacial score (nSPS) is 11.4. The molecule has 19 heavy (non-hydrogen) atoms. The van der Waals surface area contributed by atoms with E-state index in [-0.39, 0.29) is 6.42 Å². The third-order valence-corrected chi connectivity index (χ3v) is 3.26. The predicted molar refractivity (Wildman–Crippen MR) is 75.5 cm³/mol. The van der Waals surface area contributed by atoms with Crippen molar-refractivity contribution in [3.05, 3.63) is 29.0 Å². The molecule has 0 aliphatic carbocycles. The maximum absolute atomic E-state index is 10.9. The minimum Gasteiger partial charge on any atom is -0.481 e. The van der Waals surface area contributed by atoms with E-state index in [4.69, 9.17) is 16.7 Å². The van der Waals surface area contributed by atoms with Gasteiger partial charge < -0.3 is 9.67 Å². The van der Waals surface area contributed by atoms with Gasteiger partial charge in [-0.3, -0.25) is 4.79 Å². The van der Waals surface area contributed by atoms with Gasteiger partial charge in [-0.15, -0.1) is 0 Å². The van der Waals surface area contributed by atoms with Crippen molar-refractivity contribution in [2.75, 3.05) is 0 Å². The zero-order valence-electron chi connectivity index (χ0n) is 11.1. The molecule has 0 aliphatic heterocycles. The summed E-state index contributed by atoms with van der Waals surface area (Å²) in [5.41, 5.74) is 1.70. The fraction of sp³-hybridized carbons (Fsp3) is 0.429. The highest BCUT2D eigenvalue weighted by molar-refractivity contribution is 6.31. The molecule has 2 aromatic rings. The van der Waals surface area contributed by atoms with E-state index in [0.717, 1.165) is 24.0 Å². The lowest BCUT2D eigenvalue weighted by Crippen LogP contribution is -2.10. The Kier molecular flexibility index (Phi) is 4.10. The fourth-order valence-corrected chi connectivity index (χ4v) is 2.23. The molecule has 2 rings (SSSR count). The average molecular weight is 281 g/mol. The number of carboxylic acid groups (broad SMARTS) is 1. The van der Waals surface area contributed by atoms with Crippen LogP contribution in [0.4, 0.5) is 0 Å². The van der Waals surface area contributed by atoms with Crippen molar-refractivity contribution in [3.8, 4) is 0 Å². The van der Waals surface area contributed by atoms with Crippen LogP contribution in [-0.2, 0) is 17.8 Å². The van der Waals surface area contributed by atoms with Gasteiger partial charge in [0.15, 0.2) is 0 Å². The molecule has 0 spiro atoms. The van der Waals surface area contributed by atoms with Gasteiger partial charge in [0.25, 0.3) is 0 Å². The summed E-state index contributed by atoms with van der Waals surface area (Å²) >= 11 is 5.95. The van der Waals surface area contributed by atoms with Crippen LogP contribution < -0.4 is 0 Å². The number of aromatic nitrogens is 2. The molecule has 0 atom stereocenters. The minimum atomic E-state index is -0.868. The minimum absolute atomic E-state index is 0.0651. The summed E-state index contributed by atoms with van der Waals surface area (Å²) in [5, 5.41) is 9.58. The number of nitrogens with zero attached hydrogens (tertiary/aromatic N) is 2. The Morgan fingerprint density at radius 2 is 2.21 bits per heavy atom. The van der Waals surface area contributed by atoms with Crippen LogP contribution in [0.3, 0.4) is 0 Å². The number of aryl methyl sites for hydroxylation is 1. The van der Waals surface area contributed by atoms with Gasteiger partial charge >= 0.3 is 5.97 Å². The van der Waals surface area contributed by atoms with Gasteiger partial charge in [-0.2, -0.15) is 0 Å². The van der Waals surface area contributed by atoms with E-state index in [2.05, 4.69) is 18.8 Å². The van der Waals surface area contributed by atoms with E-state index in [1.807, 2.05) is 16.7 Å². The monoisotopic (exact) mass is 280 g/mol. The summed E-state index contributed by atoms with van der Waals surface area (Å²) in [7, 11) is 0. The molecule has 102 valence electrons. The van der Waals surface area contributed by atoms with Gasteiger partial charge in [-0.1, -0.05) is 25.4 Å². The van der Waals surface area contributed by atoms with Crippen LogP contribution in [0.25, 0.3) is 11.0 Å². The van der Waals surface area contributed by atoms with Crippen molar-refractivity contribution < 1.29 is 9.90 Å². The number of hydrogen-bond donors (Lipinski definition) is 1. The van der Waals surface area contributed by atoms with Crippen molar-refractivity contribution in [1.82, 2.24) is 9.55 Å². The van der Waals surface area contributed by atoms with Crippen molar-refractivity contribution in [2.45, 2.75) is 33.2 Å². The van der Waals surface area contributed by atoms with Gasteiger partial charge in [-0.25, -0.2) is 4.98 Å². The Morgan fingerprint density at radius 3 is 2.84 bits per heavy atom. The third kappa shape index (κ3) is 3.26. The smallest absolute Gasteiger partial charge is 0.311 e. The van der Waals surface area contributed by atoms with Gasteiger partial charge in [0.2, 0.25) is 0 Å². The molecule has 0 aliphatic rings. The van der Waals surface area contributed by atoms with Crippen molar-refractivity contribution >= 4 is 28.6 Å². The van der Waals surface area contributed by atoms with E-state index < -0.39 is 5.97 Å². The zero-order chi connectivity index (χ0) is 14.0. The molecule has 1 aromatic carbocycles. The number of rotatable bonds is 5. The first-order valence-electron chi connectivity index (χ1n) is 6.34. The Balaban J connectivity index is 2.45. The summed E-state index contributed by atoms with van der Waals surface area (Å²) in [5.74, 6) is 0.278. The van der Waals surface area contributed by atoms with E-state index in [9.17, 15) is 4.79 Å². The second kappa shape index (κ2) is 5.61. The zero-order valence-corrected chi connectivity index (χ0v) is 11.8. The van der Waals surface area contributed by atoms with E-state index >= 15 is 0 Å². The van der Waals surface area contributed by atoms with Crippen LogP contribution >= 0.6 is 11.6 Å². The van der Waals surface area contributed by atoms with E-state index in [0.29, 0.717) is 16.8 Å². The molecule has 1 aromatic heterocycles. The number of carbonyl (C=O) groups is 1. The Labute approximate surface area is 117 Å². The summed E-state index contributed by atoms with van der Waals surface area (Å²) in [6.07, 6.45) is 0.922. The first-order chi connectivity index (χ1) is 8.97. The highest BCUT2D eigenvalue weighted by Gasteiger charge is 2.14. The number of aliphatic carboxylic acids is 1. The molecule has 5 heteroatoms. The lowest BCUT2D eigenvalue weighted by molar-refractivity contribution is -0.136. The number of hydrogen-bond acceptors (Lipinski definition) is 2. The Bertz CT molecular complexity index is 605. The topological polar surface area (TPSA) is 55.1 Å². The van der Waals surface area contributed by atoms with Crippen LogP contribution in [0.1, 0.15) is 26.1 Å². The SMILES string of the molecule is CC(C)CCn1c(CC(=O)O)nc2cc(Cl)ccc21. The summed E-state index contributed by atoms with van der Waals surface area (Å²) in [6.45, 7) is 5.07. The molecular weight excluding hydrogens is 264 g/mol. The van der Waals surface area contributed by atoms with Crippen molar-refractivity contribution in [3.63, 3.8) is 0 Å². The van der Waals surface area contributed by atoms with Crippen LogP contribution in [0, 0.1) is 5.92 Å².